The van der Waals surface area contributed by atoms with E-state index in [1.165, 1.54) is 12.1 Å². The SMILES string of the molecule is O=C(NCC(O)CO)Nc1cc(F)cc(Br)c1. The molecule has 94 valence electrons. The van der Waals surface area contributed by atoms with Gasteiger partial charge in [0.25, 0.3) is 0 Å². The molecule has 17 heavy (non-hydrogen) atoms. The van der Waals surface area contributed by atoms with E-state index in [4.69, 9.17) is 10.2 Å². The maximum absolute atomic E-state index is 13.0. The molecule has 0 fully saturated rings. The highest BCUT2D eigenvalue weighted by molar-refractivity contribution is 9.10. The van der Waals surface area contributed by atoms with Crippen LogP contribution >= 0.6 is 15.9 Å². The van der Waals surface area contributed by atoms with Gasteiger partial charge in [-0.3, -0.25) is 0 Å². The highest BCUT2D eigenvalue weighted by Gasteiger charge is 2.06. The van der Waals surface area contributed by atoms with E-state index in [0.717, 1.165) is 6.07 Å². The molecule has 0 aliphatic heterocycles. The molecule has 1 atom stereocenters. The van der Waals surface area contributed by atoms with Crippen LogP contribution in [0.3, 0.4) is 0 Å². The summed E-state index contributed by atoms with van der Waals surface area (Å²) in [6.07, 6.45) is -1.01. The van der Waals surface area contributed by atoms with Gasteiger partial charge in [-0.1, -0.05) is 15.9 Å². The first-order chi connectivity index (χ1) is 8.01. The van der Waals surface area contributed by atoms with Crippen molar-refractivity contribution in [2.75, 3.05) is 18.5 Å². The zero-order chi connectivity index (χ0) is 12.8. The summed E-state index contributed by atoms with van der Waals surface area (Å²) in [4.78, 5) is 11.3. The standard InChI is InChI=1S/C10H12BrFN2O3/c11-6-1-7(12)3-8(2-6)14-10(17)13-4-9(16)5-15/h1-3,9,15-16H,4-5H2,(H2,13,14,17). The summed E-state index contributed by atoms with van der Waals surface area (Å²) in [5, 5.41) is 22.2. The van der Waals surface area contributed by atoms with E-state index in [2.05, 4.69) is 26.6 Å². The molecule has 7 heteroatoms. The molecular formula is C10H12BrFN2O3. The third-order valence-electron chi connectivity index (χ3n) is 1.83. The average molecular weight is 307 g/mol. The van der Waals surface area contributed by atoms with Crippen LogP contribution in [0.4, 0.5) is 14.9 Å². The third kappa shape index (κ3) is 5.12. The number of hydrogen-bond acceptors (Lipinski definition) is 3. The van der Waals surface area contributed by atoms with Crippen LogP contribution in [0, 0.1) is 5.82 Å². The second-order valence-corrected chi connectivity index (χ2v) is 4.25. The summed E-state index contributed by atoms with van der Waals surface area (Å²) in [5.41, 5.74) is 0.285. The van der Waals surface area contributed by atoms with Crippen LogP contribution in [-0.4, -0.2) is 35.5 Å². The molecule has 0 heterocycles. The Hall–Kier alpha value is -1.18. The molecule has 0 radical (unpaired) electrons. The lowest BCUT2D eigenvalue weighted by atomic mass is 10.3. The van der Waals surface area contributed by atoms with Crippen LogP contribution in [0.5, 0.6) is 0 Å². The lowest BCUT2D eigenvalue weighted by molar-refractivity contribution is 0.0965. The number of benzene rings is 1. The van der Waals surface area contributed by atoms with Crippen LogP contribution in [0.15, 0.2) is 22.7 Å². The molecule has 0 saturated heterocycles. The Morgan fingerprint density at radius 2 is 2.18 bits per heavy atom. The van der Waals surface area contributed by atoms with Crippen molar-refractivity contribution in [2.45, 2.75) is 6.10 Å². The van der Waals surface area contributed by atoms with Gasteiger partial charge < -0.3 is 20.8 Å². The highest BCUT2D eigenvalue weighted by Crippen LogP contribution is 2.18. The predicted octanol–water partition coefficient (Wildman–Crippen LogP) is 1.06. The van der Waals surface area contributed by atoms with Gasteiger partial charge in [-0.05, 0) is 18.2 Å². The van der Waals surface area contributed by atoms with Gasteiger partial charge in [-0.25, -0.2) is 9.18 Å². The van der Waals surface area contributed by atoms with Gasteiger partial charge in [-0.15, -0.1) is 0 Å². The van der Waals surface area contributed by atoms with Crippen molar-refractivity contribution in [3.05, 3.63) is 28.5 Å². The Kier molecular flexibility index (Phi) is 5.33. The molecule has 0 aliphatic rings. The number of anilines is 1. The van der Waals surface area contributed by atoms with E-state index >= 15 is 0 Å². The maximum Gasteiger partial charge on any atom is 0.319 e. The number of amides is 2. The van der Waals surface area contributed by atoms with Crippen LogP contribution in [0.1, 0.15) is 0 Å². The van der Waals surface area contributed by atoms with Gasteiger partial charge >= 0.3 is 6.03 Å². The minimum Gasteiger partial charge on any atom is -0.394 e. The Labute approximate surface area is 106 Å². The molecule has 1 rings (SSSR count). The molecule has 1 unspecified atom stereocenters. The van der Waals surface area contributed by atoms with Gasteiger partial charge in [0.05, 0.1) is 12.7 Å². The molecule has 5 nitrogen and oxygen atoms in total. The molecule has 0 spiro atoms. The lowest BCUT2D eigenvalue weighted by Gasteiger charge is -2.10. The van der Waals surface area contributed by atoms with Gasteiger partial charge in [0.15, 0.2) is 0 Å². The molecule has 1 aromatic carbocycles. The van der Waals surface area contributed by atoms with Gasteiger partial charge in [-0.2, -0.15) is 0 Å². The van der Waals surface area contributed by atoms with E-state index in [1.54, 1.807) is 0 Å². The van der Waals surface area contributed by atoms with Crippen molar-refractivity contribution in [1.29, 1.82) is 0 Å². The number of nitrogens with one attached hydrogen (secondary N) is 2. The molecule has 0 aliphatic carbocycles. The fraction of sp³-hybridized carbons (Fsp3) is 0.300. The summed E-state index contributed by atoms with van der Waals surface area (Å²) in [5.74, 6) is -0.481. The molecule has 0 aromatic heterocycles. The van der Waals surface area contributed by atoms with Crippen molar-refractivity contribution in [2.24, 2.45) is 0 Å². The molecule has 4 N–H and O–H groups in total. The third-order valence-corrected chi connectivity index (χ3v) is 2.29. The topological polar surface area (TPSA) is 81.6 Å². The zero-order valence-corrected chi connectivity index (χ0v) is 10.4. The van der Waals surface area contributed by atoms with Crippen molar-refractivity contribution < 1.29 is 19.4 Å². The second-order valence-electron chi connectivity index (χ2n) is 3.33. The molecular weight excluding hydrogens is 295 g/mol. The van der Waals surface area contributed by atoms with Crippen LogP contribution in [0.2, 0.25) is 0 Å². The minimum absolute atomic E-state index is 0.0845. The van der Waals surface area contributed by atoms with E-state index in [1.807, 2.05) is 0 Å². The van der Waals surface area contributed by atoms with Crippen LogP contribution in [0.25, 0.3) is 0 Å². The fourth-order valence-corrected chi connectivity index (χ4v) is 1.54. The Balaban J connectivity index is 2.50. The van der Waals surface area contributed by atoms with E-state index in [9.17, 15) is 9.18 Å². The number of halogens is 2. The van der Waals surface area contributed by atoms with Gasteiger partial charge in [0.1, 0.15) is 5.82 Å². The average Bonchev–Trinajstić information content (AvgIpc) is 2.24. The first-order valence-electron chi connectivity index (χ1n) is 4.81. The Bertz CT molecular complexity index is 383. The molecule has 2 amide bonds. The lowest BCUT2D eigenvalue weighted by Crippen LogP contribution is -2.36. The van der Waals surface area contributed by atoms with Crippen molar-refractivity contribution >= 4 is 27.6 Å². The highest BCUT2D eigenvalue weighted by atomic mass is 79.9. The number of aliphatic hydroxyl groups is 2. The summed E-state index contributed by atoms with van der Waals surface area (Å²) in [6, 6.07) is 3.37. The minimum atomic E-state index is -1.01. The summed E-state index contributed by atoms with van der Waals surface area (Å²) < 4.78 is 13.5. The largest absolute Gasteiger partial charge is 0.394 e. The number of hydrogen-bond donors (Lipinski definition) is 4. The zero-order valence-electron chi connectivity index (χ0n) is 8.78. The molecule has 0 saturated carbocycles. The van der Waals surface area contributed by atoms with Gasteiger partial charge in [0.2, 0.25) is 0 Å². The van der Waals surface area contributed by atoms with Crippen LogP contribution < -0.4 is 10.6 Å². The summed E-state index contributed by atoms with van der Waals surface area (Å²) >= 11 is 3.09. The van der Waals surface area contributed by atoms with Gasteiger partial charge in [0, 0.05) is 16.7 Å². The number of urea groups is 1. The van der Waals surface area contributed by atoms with Crippen molar-refractivity contribution in [1.82, 2.24) is 5.32 Å². The monoisotopic (exact) mass is 306 g/mol. The fourth-order valence-electron chi connectivity index (χ4n) is 1.08. The summed E-state index contributed by atoms with van der Waals surface area (Å²) in [6.45, 7) is -0.523. The van der Waals surface area contributed by atoms with E-state index in [0.29, 0.717) is 4.47 Å². The predicted molar refractivity (Wildman–Crippen MR) is 64.2 cm³/mol. The quantitative estimate of drug-likeness (QED) is 0.671. The smallest absolute Gasteiger partial charge is 0.319 e. The number of aliphatic hydroxyl groups excluding tert-OH is 2. The van der Waals surface area contributed by atoms with Crippen LogP contribution in [-0.2, 0) is 0 Å². The Morgan fingerprint density at radius 3 is 2.76 bits per heavy atom. The second kappa shape index (κ2) is 6.53. The first kappa shape index (κ1) is 13.9. The molecule has 1 aromatic rings. The first-order valence-corrected chi connectivity index (χ1v) is 5.60. The maximum atomic E-state index is 13.0. The molecule has 0 bridgehead atoms. The summed E-state index contributed by atoms with van der Waals surface area (Å²) in [7, 11) is 0. The van der Waals surface area contributed by atoms with E-state index < -0.39 is 24.6 Å². The number of carbonyl (C=O) groups is 1. The Morgan fingerprint density at radius 1 is 1.47 bits per heavy atom. The van der Waals surface area contributed by atoms with E-state index in [-0.39, 0.29) is 12.2 Å². The normalized spacial score (nSPS) is 12.0. The number of carbonyl (C=O) groups excluding carboxylic acids is 1. The van der Waals surface area contributed by atoms with Crippen molar-refractivity contribution in [3.8, 4) is 0 Å². The van der Waals surface area contributed by atoms with Crippen molar-refractivity contribution in [3.63, 3.8) is 0 Å². The number of rotatable bonds is 4.